The van der Waals surface area contributed by atoms with Crippen molar-refractivity contribution in [3.05, 3.63) is 70.3 Å². The number of benzene rings is 1. The Morgan fingerprint density at radius 1 is 1.23 bits per heavy atom. The lowest BCUT2D eigenvalue weighted by molar-refractivity contribution is -0.137. The molecule has 2 unspecified atom stereocenters. The highest BCUT2D eigenvalue weighted by molar-refractivity contribution is 6.01. The predicted molar refractivity (Wildman–Crippen MR) is 112 cm³/mol. The van der Waals surface area contributed by atoms with Gasteiger partial charge in [0, 0.05) is 17.5 Å². The molecule has 166 valence electrons. The van der Waals surface area contributed by atoms with Crippen LogP contribution in [0.2, 0.25) is 0 Å². The zero-order valence-corrected chi connectivity index (χ0v) is 17.2. The zero-order chi connectivity index (χ0) is 22.2. The second kappa shape index (κ2) is 8.30. The van der Waals surface area contributed by atoms with Crippen LogP contribution >= 0.6 is 0 Å². The Labute approximate surface area is 179 Å². The molecular weight excluding hydrogens is 407 g/mol. The van der Waals surface area contributed by atoms with Gasteiger partial charge in [0.15, 0.2) is 0 Å². The van der Waals surface area contributed by atoms with E-state index in [1.807, 2.05) is 12.3 Å². The van der Waals surface area contributed by atoms with Gasteiger partial charge in [-0.15, -0.1) is 0 Å². The van der Waals surface area contributed by atoms with E-state index in [4.69, 9.17) is 16.2 Å². The van der Waals surface area contributed by atoms with Crippen LogP contribution in [0.4, 0.5) is 13.2 Å². The molecule has 0 radical (unpaired) electrons. The van der Waals surface area contributed by atoms with Crippen molar-refractivity contribution in [1.82, 2.24) is 10.2 Å². The number of nitrogens with zero attached hydrogens (tertiary/aromatic N) is 2. The lowest BCUT2D eigenvalue weighted by Gasteiger charge is -2.38. The highest BCUT2D eigenvalue weighted by Crippen LogP contribution is 2.34. The summed E-state index contributed by atoms with van der Waals surface area (Å²) >= 11 is 0. The second-order valence-electron chi connectivity index (χ2n) is 8.06. The van der Waals surface area contributed by atoms with Crippen molar-refractivity contribution < 1.29 is 17.9 Å². The fraction of sp³-hybridized carbons (Fsp3) is 0.409. The van der Waals surface area contributed by atoms with Gasteiger partial charge in [0.25, 0.3) is 0 Å². The number of aliphatic imine (C=N–C) groups is 1. The van der Waals surface area contributed by atoms with Gasteiger partial charge in [0.1, 0.15) is 5.84 Å². The van der Waals surface area contributed by atoms with Gasteiger partial charge < -0.3 is 26.4 Å². The van der Waals surface area contributed by atoms with Crippen LogP contribution in [0, 0.1) is 0 Å². The average Bonchev–Trinajstić information content (AvgIpc) is 2.99. The van der Waals surface area contributed by atoms with E-state index in [1.54, 1.807) is 13.0 Å². The number of amidine groups is 1. The number of nitrogens with one attached hydrogen (secondary N) is 1. The predicted octanol–water partition coefficient (Wildman–Crippen LogP) is 2.99. The molecule has 6 nitrogen and oxygen atoms in total. The monoisotopic (exact) mass is 433 g/mol. The minimum atomic E-state index is -4.40. The molecule has 5 N–H and O–H groups in total. The van der Waals surface area contributed by atoms with E-state index in [0.29, 0.717) is 47.8 Å². The Hall–Kier alpha value is -2.94. The van der Waals surface area contributed by atoms with E-state index in [9.17, 15) is 13.2 Å². The summed E-state index contributed by atoms with van der Waals surface area (Å²) in [6.45, 7) is 3.17. The normalized spacial score (nSPS) is 25.7. The van der Waals surface area contributed by atoms with Crippen LogP contribution in [0.15, 0.2) is 64.2 Å². The summed E-state index contributed by atoms with van der Waals surface area (Å²) in [5.41, 5.74) is 14.9. The highest BCUT2D eigenvalue weighted by atomic mass is 19.4. The van der Waals surface area contributed by atoms with Crippen molar-refractivity contribution in [2.45, 2.75) is 44.6 Å². The lowest BCUT2D eigenvalue weighted by atomic mass is 10.0. The minimum Gasteiger partial charge on any atom is -0.401 e. The maximum atomic E-state index is 13.0. The summed E-state index contributed by atoms with van der Waals surface area (Å²) in [5, 5.41) is 3.23. The number of hydrogen-bond donors (Lipinski definition) is 3. The van der Waals surface area contributed by atoms with Crippen LogP contribution in [-0.4, -0.2) is 36.0 Å². The molecule has 3 aliphatic rings. The Morgan fingerprint density at radius 3 is 2.58 bits per heavy atom. The minimum absolute atomic E-state index is 0.0336. The quantitative estimate of drug-likeness (QED) is 0.502. The second-order valence-corrected chi connectivity index (χ2v) is 8.06. The number of allylic oxidation sites excluding steroid dienone is 2. The number of halogens is 3. The van der Waals surface area contributed by atoms with E-state index < -0.39 is 11.7 Å². The first-order valence-electron chi connectivity index (χ1n) is 10.2. The summed E-state index contributed by atoms with van der Waals surface area (Å²) in [5.74, 6) is 0.218. The van der Waals surface area contributed by atoms with Crippen molar-refractivity contribution in [2.75, 3.05) is 13.2 Å². The van der Waals surface area contributed by atoms with Gasteiger partial charge in [-0.1, -0.05) is 12.1 Å². The number of fused-ring (bicyclic) bond motifs is 2. The SMILES string of the molecule is C/C(N)=C1\NC=C(N2C3CCC2COC3)C=C1C(N)=NCc1cccc(C(F)(F)F)c1. The largest absolute Gasteiger partial charge is 0.416 e. The topological polar surface area (TPSA) is 88.9 Å². The number of nitrogens with two attached hydrogens (primary N) is 2. The van der Waals surface area contributed by atoms with Gasteiger partial charge in [0.05, 0.1) is 48.8 Å². The fourth-order valence-corrected chi connectivity index (χ4v) is 4.32. The third kappa shape index (κ3) is 4.41. The molecule has 0 aliphatic carbocycles. The molecule has 1 aromatic carbocycles. The van der Waals surface area contributed by atoms with Gasteiger partial charge in [-0.3, -0.25) is 4.99 Å². The Kier molecular flexibility index (Phi) is 5.70. The number of rotatable bonds is 4. The molecule has 2 saturated heterocycles. The van der Waals surface area contributed by atoms with Crippen LogP contribution in [0.5, 0.6) is 0 Å². The summed E-state index contributed by atoms with van der Waals surface area (Å²) < 4.78 is 44.6. The molecule has 3 heterocycles. The zero-order valence-electron chi connectivity index (χ0n) is 17.2. The fourth-order valence-electron chi connectivity index (χ4n) is 4.32. The van der Waals surface area contributed by atoms with Crippen molar-refractivity contribution in [3.63, 3.8) is 0 Å². The molecule has 3 aliphatic heterocycles. The third-order valence-electron chi connectivity index (χ3n) is 5.82. The third-order valence-corrected chi connectivity index (χ3v) is 5.82. The molecule has 0 amide bonds. The lowest BCUT2D eigenvalue weighted by Crippen LogP contribution is -2.45. The molecule has 2 bridgehead atoms. The first kappa shape index (κ1) is 21.3. The van der Waals surface area contributed by atoms with Crippen molar-refractivity contribution in [2.24, 2.45) is 16.5 Å². The number of morpholine rings is 1. The molecule has 0 saturated carbocycles. The maximum absolute atomic E-state index is 13.0. The first-order chi connectivity index (χ1) is 14.7. The van der Waals surface area contributed by atoms with Crippen molar-refractivity contribution in [1.29, 1.82) is 0 Å². The maximum Gasteiger partial charge on any atom is 0.416 e. The molecule has 0 aromatic heterocycles. The number of alkyl halides is 3. The summed E-state index contributed by atoms with van der Waals surface area (Å²) in [7, 11) is 0. The Bertz CT molecular complexity index is 960. The van der Waals surface area contributed by atoms with E-state index >= 15 is 0 Å². The van der Waals surface area contributed by atoms with Gasteiger partial charge >= 0.3 is 6.18 Å². The Balaban J connectivity index is 1.60. The van der Waals surface area contributed by atoms with E-state index in [0.717, 1.165) is 30.7 Å². The van der Waals surface area contributed by atoms with E-state index in [1.165, 1.54) is 6.07 Å². The van der Waals surface area contributed by atoms with Crippen LogP contribution in [0.1, 0.15) is 30.9 Å². The van der Waals surface area contributed by atoms with Crippen LogP contribution in [0.25, 0.3) is 0 Å². The summed E-state index contributed by atoms with van der Waals surface area (Å²) in [4.78, 5) is 6.71. The number of dihydropyridines is 1. The molecule has 4 rings (SSSR count). The molecule has 9 heteroatoms. The van der Waals surface area contributed by atoms with Crippen LogP contribution in [-0.2, 0) is 17.5 Å². The van der Waals surface area contributed by atoms with Crippen molar-refractivity contribution >= 4 is 5.84 Å². The summed E-state index contributed by atoms with van der Waals surface area (Å²) in [6.07, 6.45) is 1.60. The molecule has 2 fully saturated rings. The van der Waals surface area contributed by atoms with Gasteiger partial charge in [-0.25, -0.2) is 0 Å². The smallest absolute Gasteiger partial charge is 0.401 e. The average molecular weight is 433 g/mol. The number of ether oxygens (including phenoxy) is 1. The molecule has 2 atom stereocenters. The van der Waals surface area contributed by atoms with Crippen LogP contribution in [0.3, 0.4) is 0 Å². The van der Waals surface area contributed by atoms with E-state index in [-0.39, 0.29) is 12.4 Å². The molecular formula is C22H26F3N5O. The van der Waals surface area contributed by atoms with Gasteiger partial charge in [0.2, 0.25) is 0 Å². The number of hydrogen-bond acceptors (Lipinski definition) is 5. The molecule has 1 aromatic rings. The highest BCUT2D eigenvalue weighted by Gasteiger charge is 2.38. The molecule has 31 heavy (non-hydrogen) atoms. The van der Waals surface area contributed by atoms with Crippen molar-refractivity contribution in [3.8, 4) is 0 Å². The summed E-state index contributed by atoms with van der Waals surface area (Å²) in [6, 6.07) is 5.73. The van der Waals surface area contributed by atoms with E-state index in [2.05, 4.69) is 15.2 Å². The molecule has 0 spiro atoms. The Morgan fingerprint density at radius 2 is 1.94 bits per heavy atom. The van der Waals surface area contributed by atoms with Gasteiger partial charge in [-0.2, -0.15) is 13.2 Å². The van der Waals surface area contributed by atoms with Gasteiger partial charge in [-0.05, 0) is 43.5 Å². The standard InChI is InChI=1S/C22H26F3N5O/c1-13(26)20-19(8-18(10-28-20)30-16-5-6-17(30)12-31-11-16)21(27)29-9-14-3-2-4-15(7-14)22(23,24)25/h2-4,7-8,10,16-17,28H,5-6,9,11-12,26H2,1H3,(H2,27,29)/b20-13+. The van der Waals surface area contributed by atoms with Crippen LogP contribution < -0.4 is 16.8 Å². The first-order valence-corrected chi connectivity index (χ1v) is 10.2.